The summed E-state index contributed by atoms with van der Waals surface area (Å²) in [5.41, 5.74) is 0. The fourth-order valence-corrected chi connectivity index (χ4v) is 1.85. The van der Waals surface area contributed by atoms with Crippen LogP contribution in [0.4, 0.5) is 0 Å². The molecule has 0 radical (unpaired) electrons. The molecule has 0 aliphatic carbocycles. The second kappa shape index (κ2) is 6.62. The molecule has 0 aromatic heterocycles. The number of nitrogens with zero attached hydrogens (tertiary/aromatic N) is 1. The topological polar surface area (TPSA) is 29.5 Å². The Bertz CT molecular complexity index is 218. The lowest BCUT2D eigenvalue weighted by atomic mass is 9.94. The highest BCUT2D eigenvalue weighted by Crippen LogP contribution is 2.19. The molecular formula is C12H21NO2. The number of carbonyl (C=O) groups excluding carboxylic acids is 1. The Labute approximate surface area is 92.1 Å². The molecular weight excluding hydrogens is 190 g/mol. The number of hydrogen-bond acceptors (Lipinski definition) is 3. The summed E-state index contributed by atoms with van der Waals surface area (Å²) in [6.07, 6.45) is 8.10. The van der Waals surface area contributed by atoms with Crippen molar-refractivity contribution in [1.82, 2.24) is 4.90 Å². The van der Waals surface area contributed by atoms with E-state index in [2.05, 4.69) is 22.8 Å². The lowest BCUT2D eigenvalue weighted by Gasteiger charge is -2.28. The maximum Gasteiger partial charge on any atom is 0.309 e. The summed E-state index contributed by atoms with van der Waals surface area (Å²) in [4.78, 5) is 13.2. The summed E-state index contributed by atoms with van der Waals surface area (Å²) in [7, 11) is 3.59. The third-order valence-corrected chi connectivity index (χ3v) is 2.99. The molecule has 0 aromatic carbocycles. The van der Waals surface area contributed by atoms with Crippen LogP contribution in [-0.2, 0) is 9.53 Å². The van der Waals surface area contributed by atoms with Crippen LogP contribution in [0.5, 0.6) is 0 Å². The summed E-state index contributed by atoms with van der Waals surface area (Å²) < 4.78 is 4.56. The van der Waals surface area contributed by atoms with Gasteiger partial charge in [0.05, 0.1) is 13.5 Å². The van der Waals surface area contributed by atoms with Crippen molar-refractivity contribution in [1.29, 1.82) is 0 Å². The number of esters is 1. The Morgan fingerprint density at radius 2 is 2.07 bits per heavy atom. The molecule has 1 aliphatic heterocycles. The second-order valence-corrected chi connectivity index (χ2v) is 4.23. The van der Waals surface area contributed by atoms with Gasteiger partial charge in [-0.25, -0.2) is 0 Å². The molecule has 3 heteroatoms. The third kappa shape index (κ3) is 4.98. The molecule has 0 spiro atoms. The first-order valence-corrected chi connectivity index (χ1v) is 5.62. The number of methoxy groups -OCH3 is 1. The molecule has 0 aromatic rings. The van der Waals surface area contributed by atoms with Crippen molar-refractivity contribution in [2.75, 3.05) is 27.2 Å². The van der Waals surface area contributed by atoms with Gasteiger partial charge in [-0.3, -0.25) is 4.79 Å². The number of hydrogen-bond donors (Lipinski definition) is 0. The third-order valence-electron chi connectivity index (χ3n) is 2.99. The average molecular weight is 211 g/mol. The molecule has 0 saturated carbocycles. The Morgan fingerprint density at radius 1 is 1.40 bits per heavy atom. The molecule has 1 rings (SSSR count). The van der Waals surface area contributed by atoms with Crippen molar-refractivity contribution in [3.05, 3.63) is 12.2 Å². The van der Waals surface area contributed by atoms with Gasteiger partial charge < -0.3 is 9.64 Å². The molecule has 15 heavy (non-hydrogen) atoms. The van der Waals surface area contributed by atoms with Gasteiger partial charge in [-0.15, -0.1) is 0 Å². The van der Waals surface area contributed by atoms with Gasteiger partial charge in [0.15, 0.2) is 0 Å². The highest BCUT2D eigenvalue weighted by Gasteiger charge is 2.14. The predicted molar refractivity (Wildman–Crippen MR) is 60.6 cm³/mol. The normalized spacial score (nSPS) is 19.6. The van der Waals surface area contributed by atoms with Crippen LogP contribution in [0.1, 0.15) is 25.7 Å². The summed E-state index contributed by atoms with van der Waals surface area (Å²) in [6, 6.07) is 0. The molecule has 0 unspecified atom stereocenters. The minimum atomic E-state index is -0.158. The van der Waals surface area contributed by atoms with Crippen molar-refractivity contribution in [2.24, 2.45) is 5.92 Å². The standard InChI is InChI=1S/C12H21NO2/c1-13-9-7-11(8-10-13)5-3-4-6-12(14)15-2/h3-4,11H,5-10H2,1-2H3/b4-3-. The van der Waals surface area contributed by atoms with E-state index < -0.39 is 0 Å². The van der Waals surface area contributed by atoms with Crippen LogP contribution >= 0.6 is 0 Å². The maximum absolute atomic E-state index is 10.8. The van der Waals surface area contributed by atoms with Gasteiger partial charge in [0.25, 0.3) is 0 Å². The Morgan fingerprint density at radius 3 is 2.67 bits per heavy atom. The molecule has 0 atom stereocenters. The molecule has 0 amide bonds. The maximum atomic E-state index is 10.8. The monoisotopic (exact) mass is 211 g/mol. The first-order chi connectivity index (χ1) is 7.22. The van der Waals surface area contributed by atoms with Gasteiger partial charge in [-0.2, -0.15) is 0 Å². The minimum Gasteiger partial charge on any atom is -0.469 e. The number of likely N-dealkylation sites (tertiary alicyclic amines) is 1. The van der Waals surface area contributed by atoms with E-state index in [9.17, 15) is 4.79 Å². The summed E-state index contributed by atoms with van der Waals surface area (Å²) >= 11 is 0. The van der Waals surface area contributed by atoms with Crippen LogP contribution in [0, 0.1) is 5.92 Å². The SMILES string of the molecule is COC(=O)C/C=C\CC1CCN(C)CC1. The summed E-state index contributed by atoms with van der Waals surface area (Å²) in [5, 5.41) is 0. The van der Waals surface area contributed by atoms with Gasteiger partial charge in [0, 0.05) is 0 Å². The second-order valence-electron chi connectivity index (χ2n) is 4.23. The van der Waals surface area contributed by atoms with E-state index in [-0.39, 0.29) is 5.97 Å². The number of ether oxygens (including phenoxy) is 1. The van der Waals surface area contributed by atoms with E-state index in [4.69, 9.17) is 0 Å². The van der Waals surface area contributed by atoms with E-state index in [1.54, 1.807) is 0 Å². The fourth-order valence-electron chi connectivity index (χ4n) is 1.85. The summed E-state index contributed by atoms with van der Waals surface area (Å²) in [5.74, 6) is 0.643. The predicted octanol–water partition coefficient (Wildman–Crippen LogP) is 1.84. The first kappa shape index (κ1) is 12.2. The van der Waals surface area contributed by atoms with Gasteiger partial charge in [-0.05, 0) is 45.3 Å². The van der Waals surface area contributed by atoms with Crippen LogP contribution in [-0.4, -0.2) is 38.1 Å². The molecule has 1 fully saturated rings. The lowest BCUT2D eigenvalue weighted by Crippen LogP contribution is -2.29. The van der Waals surface area contributed by atoms with Crippen LogP contribution < -0.4 is 0 Å². The minimum absolute atomic E-state index is 0.158. The van der Waals surface area contributed by atoms with Crippen LogP contribution in [0.15, 0.2) is 12.2 Å². The van der Waals surface area contributed by atoms with E-state index >= 15 is 0 Å². The zero-order valence-electron chi connectivity index (χ0n) is 9.74. The first-order valence-electron chi connectivity index (χ1n) is 5.62. The Kier molecular flexibility index (Phi) is 5.40. The van der Waals surface area contributed by atoms with Crippen molar-refractivity contribution in [2.45, 2.75) is 25.7 Å². The van der Waals surface area contributed by atoms with Crippen LogP contribution in [0.2, 0.25) is 0 Å². The van der Waals surface area contributed by atoms with Crippen molar-refractivity contribution < 1.29 is 9.53 Å². The highest BCUT2D eigenvalue weighted by atomic mass is 16.5. The molecule has 1 aliphatic rings. The van der Waals surface area contributed by atoms with Crippen molar-refractivity contribution in [3.8, 4) is 0 Å². The number of carbonyl (C=O) groups is 1. The van der Waals surface area contributed by atoms with E-state index in [0.29, 0.717) is 6.42 Å². The van der Waals surface area contributed by atoms with Gasteiger partial charge in [0.1, 0.15) is 0 Å². The van der Waals surface area contributed by atoms with Crippen molar-refractivity contribution in [3.63, 3.8) is 0 Å². The number of piperidine rings is 1. The average Bonchev–Trinajstić information content (AvgIpc) is 2.26. The van der Waals surface area contributed by atoms with Crippen LogP contribution in [0.25, 0.3) is 0 Å². The van der Waals surface area contributed by atoms with E-state index in [1.165, 1.54) is 33.0 Å². The van der Waals surface area contributed by atoms with Crippen LogP contribution in [0.3, 0.4) is 0 Å². The smallest absolute Gasteiger partial charge is 0.309 e. The largest absolute Gasteiger partial charge is 0.469 e. The molecule has 86 valence electrons. The molecule has 1 heterocycles. The Balaban J connectivity index is 2.11. The van der Waals surface area contributed by atoms with Gasteiger partial charge >= 0.3 is 5.97 Å². The molecule has 3 nitrogen and oxygen atoms in total. The number of rotatable bonds is 4. The molecule has 0 bridgehead atoms. The highest BCUT2D eigenvalue weighted by molar-refractivity contribution is 5.70. The Hall–Kier alpha value is -0.830. The molecule has 0 N–H and O–H groups in total. The summed E-state index contributed by atoms with van der Waals surface area (Å²) in [6.45, 7) is 2.41. The lowest BCUT2D eigenvalue weighted by molar-refractivity contribution is -0.139. The number of allylic oxidation sites excluding steroid dienone is 1. The fraction of sp³-hybridized carbons (Fsp3) is 0.750. The van der Waals surface area contributed by atoms with E-state index in [0.717, 1.165) is 12.3 Å². The van der Waals surface area contributed by atoms with Gasteiger partial charge in [-0.1, -0.05) is 12.2 Å². The quantitative estimate of drug-likeness (QED) is 0.525. The zero-order chi connectivity index (χ0) is 11.1. The molecule has 1 saturated heterocycles. The zero-order valence-corrected chi connectivity index (χ0v) is 9.74. The van der Waals surface area contributed by atoms with Gasteiger partial charge in [0.2, 0.25) is 0 Å². The van der Waals surface area contributed by atoms with E-state index in [1.807, 2.05) is 6.08 Å². The van der Waals surface area contributed by atoms with Crippen molar-refractivity contribution >= 4 is 5.97 Å².